The zero-order chi connectivity index (χ0) is 27.9. The third-order valence-corrected chi connectivity index (χ3v) is 8.90. The van der Waals surface area contributed by atoms with E-state index in [4.69, 9.17) is 4.74 Å². The Morgan fingerprint density at radius 3 is 2.48 bits per heavy atom. The van der Waals surface area contributed by atoms with Gasteiger partial charge < -0.3 is 15.0 Å². The molecule has 0 saturated carbocycles. The Kier molecular flexibility index (Phi) is 9.27. The van der Waals surface area contributed by atoms with Gasteiger partial charge >= 0.3 is 6.09 Å². The van der Waals surface area contributed by atoms with Crippen LogP contribution in [0.3, 0.4) is 0 Å². The molecule has 0 aliphatic carbocycles. The third kappa shape index (κ3) is 7.57. The van der Waals surface area contributed by atoms with Crippen LogP contribution >= 0.6 is 11.8 Å². The number of nitrogens with one attached hydrogen (secondary N) is 2. The van der Waals surface area contributed by atoms with E-state index in [1.54, 1.807) is 28.8 Å². The van der Waals surface area contributed by atoms with E-state index in [9.17, 15) is 9.59 Å². The van der Waals surface area contributed by atoms with Gasteiger partial charge in [0.05, 0.1) is 11.9 Å². The van der Waals surface area contributed by atoms with Crippen LogP contribution in [-0.2, 0) is 6.54 Å². The SMILES string of the molecule is CC1CCN(Cc2ccc(C(=O)Nc3ccc(OC(=O)N4CCC(C(C)Sc5nn[nH]n5)CC4)nc3)cc2)CC1. The molecule has 12 heteroatoms. The van der Waals surface area contributed by atoms with E-state index in [1.165, 1.54) is 24.6 Å². The van der Waals surface area contributed by atoms with E-state index in [0.717, 1.165) is 38.4 Å². The molecule has 2 N–H and O–H groups in total. The van der Waals surface area contributed by atoms with Gasteiger partial charge in [-0.2, -0.15) is 5.21 Å². The number of hydrogen-bond donors (Lipinski definition) is 2. The van der Waals surface area contributed by atoms with Gasteiger partial charge in [-0.3, -0.25) is 9.69 Å². The predicted molar refractivity (Wildman–Crippen MR) is 152 cm³/mol. The lowest BCUT2D eigenvalue weighted by Gasteiger charge is -2.33. The summed E-state index contributed by atoms with van der Waals surface area (Å²) in [6.45, 7) is 8.86. The fraction of sp³-hybridized carbons (Fsp3) is 0.500. The third-order valence-electron chi connectivity index (χ3n) is 7.76. The van der Waals surface area contributed by atoms with Crippen LogP contribution in [0.1, 0.15) is 55.5 Å². The van der Waals surface area contributed by atoms with E-state index >= 15 is 0 Å². The second-order valence-electron chi connectivity index (χ2n) is 10.7. The van der Waals surface area contributed by atoms with Crippen molar-refractivity contribution in [3.05, 3.63) is 53.7 Å². The molecule has 1 unspecified atom stereocenters. The smallest absolute Gasteiger partial charge is 0.391 e. The van der Waals surface area contributed by atoms with Gasteiger partial charge in [0.1, 0.15) is 0 Å². The van der Waals surface area contributed by atoms with E-state index in [0.29, 0.717) is 40.7 Å². The molecular weight excluding hydrogens is 528 g/mol. The Balaban J connectivity index is 1.05. The van der Waals surface area contributed by atoms with E-state index < -0.39 is 6.09 Å². The normalized spacial score (nSPS) is 17.9. The molecule has 2 aliphatic heterocycles. The summed E-state index contributed by atoms with van der Waals surface area (Å²) in [6, 6.07) is 11.0. The number of amides is 2. The zero-order valence-electron chi connectivity index (χ0n) is 23.0. The summed E-state index contributed by atoms with van der Waals surface area (Å²) < 4.78 is 5.48. The Morgan fingerprint density at radius 1 is 1.07 bits per heavy atom. The molecule has 5 rings (SSSR count). The van der Waals surface area contributed by atoms with Crippen molar-refractivity contribution in [2.45, 2.75) is 56.5 Å². The van der Waals surface area contributed by atoms with Crippen molar-refractivity contribution in [2.75, 3.05) is 31.5 Å². The molecular formula is C28H36N8O3S. The Labute approximate surface area is 238 Å². The van der Waals surface area contributed by atoms with Gasteiger partial charge in [0.25, 0.3) is 5.91 Å². The summed E-state index contributed by atoms with van der Waals surface area (Å²) in [7, 11) is 0. The topological polar surface area (TPSA) is 129 Å². The Morgan fingerprint density at radius 2 is 1.82 bits per heavy atom. The van der Waals surface area contributed by atoms with Crippen LogP contribution in [0.15, 0.2) is 47.8 Å². The first-order valence-corrected chi connectivity index (χ1v) is 14.8. The molecule has 1 aromatic carbocycles. The fourth-order valence-electron chi connectivity index (χ4n) is 5.13. The highest BCUT2D eigenvalue weighted by molar-refractivity contribution is 7.99. The molecule has 212 valence electrons. The van der Waals surface area contributed by atoms with Gasteiger partial charge in [-0.15, -0.1) is 10.2 Å². The molecule has 4 heterocycles. The minimum absolute atomic E-state index is 0.197. The van der Waals surface area contributed by atoms with Crippen LogP contribution in [0.2, 0.25) is 0 Å². The van der Waals surface area contributed by atoms with Crippen LogP contribution in [0.4, 0.5) is 10.5 Å². The van der Waals surface area contributed by atoms with Crippen molar-refractivity contribution in [1.29, 1.82) is 0 Å². The van der Waals surface area contributed by atoms with Crippen molar-refractivity contribution in [1.82, 2.24) is 35.4 Å². The van der Waals surface area contributed by atoms with E-state index in [2.05, 4.69) is 49.7 Å². The number of rotatable bonds is 8. The van der Waals surface area contributed by atoms with Crippen molar-refractivity contribution in [3.63, 3.8) is 0 Å². The molecule has 0 spiro atoms. The van der Waals surface area contributed by atoms with Crippen molar-refractivity contribution in [2.24, 2.45) is 11.8 Å². The number of aromatic amines is 1. The second-order valence-corrected chi connectivity index (χ2v) is 12.0. The molecule has 2 amide bonds. The predicted octanol–water partition coefficient (Wildman–Crippen LogP) is 4.47. The van der Waals surface area contributed by atoms with Gasteiger partial charge in [-0.25, -0.2) is 9.78 Å². The van der Waals surface area contributed by atoms with E-state index in [-0.39, 0.29) is 11.8 Å². The monoisotopic (exact) mass is 564 g/mol. The lowest BCUT2D eigenvalue weighted by molar-refractivity contribution is 0.102. The van der Waals surface area contributed by atoms with Crippen molar-refractivity contribution in [3.8, 4) is 5.88 Å². The maximum absolute atomic E-state index is 12.7. The number of carbonyl (C=O) groups excluding carboxylic acids is 2. The van der Waals surface area contributed by atoms with Gasteiger partial charge in [0.15, 0.2) is 0 Å². The number of ether oxygens (including phenoxy) is 1. The first-order chi connectivity index (χ1) is 19.4. The van der Waals surface area contributed by atoms with Crippen LogP contribution in [-0.4, -0.2) is 78.8 Å². The number of likely N-dealkylation sites (tertiary alicyclic amines) is 2. The molecule has 2 aromatic heterocycles. The van der Waals surface area contributed by atoms with Gasteiger partial charge in [0, 0.05) is 36.5 Å². The quantitative estimate of drug-likeness (QED) is 0.381. The first-order valence-electron chi connectivity index (χ1n) is 13.9. The molecule has 40 heavy (non-hydrogen) atoms. The summed E-state index contributed by atoms with van der Waals surface area (Å²) in [4.78, 5) is 33.8. The minimum Gasteiger partial charge on any atom is -0.391 e. The number of benzene rings is 1. The lowest BCUT2D eigenvalue weighted by Crippen LogP contribution is -2.41. The van der Waals surface area contributed by atoms with E-state index in [1.807, 2.05) is 24.3 Å². The number of thioether (sulfide) groups is 1. The van der Waals surface area contributed by atoms with Crippen LogP contribution in [0, 0.1) is 11.8 Å². The number of H-pyrrole nitrogens is 1. The van der Waals surface area contributed by atoms with Crippen molar-refractivity contribution < 1.29 is 14.3 Å². The molecule has 3 aromatic rings. The number of aromatic nitrogens is 5. The summed E-state index contributed by atoms with van der Waals surface area (Å²) in [6.07, 6.45) is 5.31. The number of hydrogen-bond acceptors (Lipinski definition) is 9. The lowest BCUT2D eigenvalue weighted by atomic mass is 9.94. The maximum Gasteiger partial charge on any atom is 0.416 e. The second kappa shape index (κ2) is 13.2. The average molecular weight is 565 g/mol. The van der Waals surface area contributed by atoms with Crippen LogP contribution in [0.5, 0.6) is 5.88 Å². The highest BCUT2D eigenvalue weighted by atomic mass is 32.2. The molecule has 11 nitrogen and oxygen atoms in total. The highest BCUT2D eigenvalue weighted by Gasteiger charge is 2.28. The Hall–Kier alpha value is -3.51. The fourth-order valence-corrected chi connectivity index (χ4v) is 6.11. The number of piperidine rings is 2. The number of nitrogens with zero attached hydrogens (tertiary/aromatic N) is 6. The molecule has 2 fully saturated rings. The van der Waals surface area contributed by atoms with Gasteiger partial charge in [0.2, 0.25) is 11.0 Å². The maximum atomic E-state index is 12.7. The van der Waals surface area contributed by atoms with Gasteiger partial charge in [-0.1, -0.05) is 37.7 Å². The Bertz CT molecular complexity index is 1240. The first kappa shape index (κ1) is 28.0. The molecule has 0 radical (unpaired) electrons. The standard InChI is InChI=1S/C28H36N8O3S/c1-19-9-13-35(14-10-19)18-21-3-5-23(6-4-21)26(37)30-24-7-8-25(29-17-24)39-28(38)36-15-11-22(12-16-36)20(2)40-27-31-33-34-32-27/h3-8,17,19-20,22H,9-16,18H2,1-2H3,(H,30,37)(H,31,32,33,34). The number of tetrazole rings is 1. The number of anilines is 1. The summed E-state index contributed by atoms with van der Waals surface area (Å²) in [5, 5.41) is 17.9. The van der Waals surface area contributed by atoms with Crippen LogP contribution < -0.4 is 10.1 Å². The average Bonchev–Trinajstić information content (AvgIpc) is 3.49. The summed E-state index contributed by atoms with van der Waals surface area (Å²) in [5.74, 6) is 1.25. The van der Waals surface area contributed by atoms with Crippen LogP contribution in [0.25, 0.3) is 0 Å². The molecule has 0 bridgehead atoms. The largest absolute Gasteiger partial charge is 0.416 e. The molecule has 2 aliphatic rings. The number of pyridine rings is 1. The summed E-state index contributed by atoms with van der Waals surface area (Å²) in [5.41, 5.74) is 2.32. The number of carbonyl (C=O) groups is 2. The van der Waals surface area contributed by atoms with Crippen molar-refractivity contribution >= 4 is 29.4 Å². The zero-order valence-corrected chi connectivity index (χ0v) is 23.8. The highest BCUT2D eigenvalue weighted by Crippen LogP contribution is 2.31. The summed E-state index contributed by atoms with van der Waals surface area (Å²) >= 11 is 1.59. The molecule has 1 atom stereocenters. The minimum atomic E-state index is -0.416. The van der Waals surface area contributed by atoms with Gasteiger partial charge in [-0.05, 0) is 79.6 Å². The molecule has 2 saturated heterocycles.